The van der Waals surface area contributed by atoms with Crippen molar-refractivity contribution in [3.63, 3.8) is 0 Å². The van der Waals surface area contributed by atoms with E-state index in [1.54, 1.807) is 7.11 Å². The molecule has 20 heavy (non-hydrogen) atoms. The van der Waals surface area contributed by atoms with Crippen LogP contribution in [-0.4, -0.2) is 37.9 Å². The highest BCUT2D eigenvalue weighted by Crippen LogP contribution is 2.31. The molecule has 0 saturated heterocycles. The molecule has 0 bridgehead atoms. The zero-order valence-corrected chi connectivity index (χ0v) is 12.6. The van der Waals surface area contributed by atoms with E-state index in [0.717, 1.165) is 6.42 Å². The highest BCUT2D eigenvalue weighted by molar-refractivity contribution is 9.10. The molecule has 0 aromatic heterocycles. The second-order valence-electron chi connectivity index (χ2n) is 4.56. The van der Waals surface area contributed by atoms with Gasteiger partial charge in [0.1, 0.15) is 0 Å². The van der Waals surface area contributed by atoms with Gasteiger partial charge in [-0.25, -0.2) is 9.18 Å². The van der Waals surface area contributed by atoms with E-state index in [2.05, 4.69) is 15.9 Å². The van der Waals surface area contributed by atoms with Gasteiger partial charge in [-0.15, -0.1) is 0 Å². The Labute approximate surface area is 125 Å². The molecule has 6 heteroatoms. The Kier molecular flexibility index (Phi) is 4.77. The Morgan fingerprint density at radius 1 is 1.55 bits per heavy atom. The minimum Gasteiger partial charge on any atom is -0.478 e. The predicted octanol–water partition coefficient (Wildman–Crippen LogP) is 3.07. The van der Waals surface area contributed by atoms with Crippen molar-refractivity contribution in [3.8, 4) is 0 Å². The van der Waals surface area contributed by atoms with Gasteiger partial charge in [0.15, 0.2) is 5.82 Å². The summed E-state index contributed by atoms with van der Waals surface area (Å²) in [6.07, 6.45) is 2.83. The third-order valence-corrected chi connectivity index (χ3v) is 4.04. The molecule has 0 aliphatic carbocycles. The van der Waals surface area contributed by atoms with Gasteiger partial charge in [0.05, 0.1) is 22.3 Å². The van der Waals surface area contributed by atoms with Crippen LogP contribution in [0.2, 0.25) is 0 Å². The van der Waals surface area contributed by atoms with Gasteiger partial charge in [-0.1, -0.05) is 6.08 Å². The maximum Gasteiger partial charge on any atom is 0.336 e. The number of carbonyl (C=O) groups is 1. The van der Waals surface area contributed by atoms with Crippen molar-refractivity contribution in [3.05, 3.63) is 39.6 Å². The van der Waals surface area contributed by atoms with Crippen LogP contribution in [0.4, 0.5) is 10.1 Å². The van der Waals surface area contributed by atoms with Crippen LogP contribution in [0.3, 0.4) is 0 Å². The third-order valence-electron chi connectivity index (χ3n) is 3.27. The molecule has 2 rings (SSSR count). The quantitative estimate of drug-likeness (QED) is 0.853. The highest BCUT2D eigenvalue weighted by atomic mass is 79.9. The molecule has 1 aromatic carbocycles. The first-order valence-corrected chi connectivity index (χ1v) is 6.97. The molecular weight excluding hydrogens is 329 g/mol. The summed E-state index contributed by atoms with van der Waals surface area (Å²) in [4.78, 5) is 12.8. The maximum absolute atomic E-state index is 14.3. The molecule has 0 amide bonds. The van der Waals surface area contributed by atoms with Crippen LogP contribution in [-0.2, 0) is 4.74 Å². The third kappa shape index (κ3) is 3.02. The normalized spacial score (nSPS) is 15.2. The summed E-state index contributed by atoms with van der Waals surface area (Å²) in [5, 5.41) is 8.95. The van der Waals surface area contributed by atoms with Crippen LogP contribution in [0.1, 0.15) is 16.8 Å². The van der Waals surface area contributed by atoms with Gasteiger partial charge >= 0.3 is 5.97 Å². The fourth-order valence-electron chi connectivity index (χ4n) is 2.20. The molecule has 0 radical (unpaired) electrons. The largest absolute Gasteiger partial charge is 0.478 e. The first kappa shape index (κ1) is 15.0. The van der Waals surface area contributed by atoms with Crippen LogP contribution in [0, 0.1) is 5.82 Å². The molecule has 4 nitrogen and oxygen atoms in total. The second-order valence-corrected chi connectivity index (χ2v) is 5.35. The van der Waals surface area contributed by atoms with Gasteiger partial charge in [-0.05, 0) is 40.1 Å². The lowest BCUT2D eigenvalue weighted by Gasteiger charge is -2.29. The molecule has 0 saturated carbocycles. The van der Waals surface area contributed by atoms with Crippen LogP contribution in [0.25, 0.3) is 0 Å². The van der Waals surface area contributed by atoms with Gasteiger partial charge in [-0.2, -0.15) is 0 Å². The summed E-state index contributed by atoms with van der Waals surface area (Å²) in [5.41, 5.74) is 1.54. The second kappa shape index (κ2) is 6.37. The number of carboxylic acid groups (broad SMARTS) is 1. The van der Waals surface area contributed by atoms with Crippen molar-refractivity contribution in [2.24, 2.45) is 0 Å². The number of aromatic carboxylic acids is 1. The van der Waals surface area contributed by atoms with Gasteiger partial charge < -0.3 is 14.7 Å². The van der Waals surface area contributed by atoms with Gasteiger partial charge in [0.25, 0.3) is 0 Å². The van der Waals surface area contributed by atoms with E-state index >= 15 is 0 Å². The zero-order chi connectivity index (χ0) is 14.7. The minimum atomic E-state index is -1.15. The topological polar surface area (TPSA) is 49.8 Å². The van der Waals surface area contributed by atoms with Gasteiger partial charge in [0.2, 0.25) is 0 Å². The predicted molar refractivity (Wildman–Crippen MR) is 77.8 cm³/mol. The van der Waals surface area contributed by atoms with Crippen LogP contribution in [0.15, 0.2) is 28.3 Å². The first-order valence-electron chi connectivity index (χ1n) is 6.17. The summed E-state index contributed by atoms with van der Waals surface area (Å²) in [5.74, 6) is -1.68. The molecule has 0 atom stereocenters. The van der Waals surface area contributed by atoms with E-state index in [-0.39, 0.29) is 10.0 Å². The van der Waals surface area contributed by atoms with E-state index in [1.807, 2.05) is 11.0 Å². The number of nitrogens with zero attached hydrogens (tertiary/aromatic N) is 1. The van der Waals surface area contributed by atoms with Gasteiger partial charge in [0, 0.05) is 20.2 Å². The van der Waals surface area contributed by atoms with Crippen molar-refractivity contribution in [2.75, 3.05) is 31.7 Å². The fourth-order valence-corrected chi connectivity index (χ4v) is 2.70. The molecular formula is C14H15BrFNO3. The van der Waals surface area contributed by atoms with Crippen molar-refractivity contribution >= 4 is 27.6 Å². The molecule has 1 aliphatic rings. The SMILES string of the molecule is COCC1=CCN(c2ccc(C(=O)O)c(Br)c2F)CC1. The number of ether oxygens (including phenoxy) is 1. The van der Waals surface area contributed by atoms with Crippen molar-refractivity contribution in [2.45, 2.75) is 6.42 Å². The van der Waals surface area contributed by atoms with Crippen LogP contribution in [0.5, 0.6) is 0 Å². The number of anilines is 1. The number of methoxy groups -OCH3 is 1. The average molecular weight is 344 g/mol. The van der Waals surface area contributed by atoms with E-state index in [0.29, 0.717) is 25.4 Å². The summed E-state index contributed by atoms with van der Waals surface area (Å²) in [6.45, 7) is 1.87. The molecule has 1 heterocycles. The van der Waals surface area contributed by atoms with E-state index in [1.165, 1.54) is 17.7 Å². The Balaban J connectivity index is 2.23. The van der Waals surface area contributed by atoms with Crippen LogP contribution < -0.4 is 4.90 Å². The monoisotopic (exact) mass is 343 g/mol. The number of hydrogen-bond donors (Lipinski definition) is 1. The van der Waals surface area contributed by atoms with Crippen molar-refractivity contribution in [1.29, 1.82) is 0 Å². The summed E-state index contributed by atoms with van der Waals surface area (Å²) in [6, 6.07) is 2.93. The van der Waals surface area contributed by atoms with E-state index in [4.69, 9.17) is 9.84 Å². The van der Waals surface area contributed by atoms with Gasteiger partial charge in [-0.3, -0.25) is 0 Å². The maximum atomic E-state index is 14.3. The minimum absolute atomic E-state index is 0.00540. The smallest absolute Gasteiger partial charge is 0.336 e. The Morgan fingerprint density at radius 3 is 2.85 bits per heavy atom. The number of rotatable bonds is 4. The molecule has 1 N–H and O–H groups in total. The number of carboxylic acids is 1. The molecule has 0 unspecified atom stereocenters. The van der Waals surface area contributed by atoms with Crippen molar-refractivity contribution < 1.29 is 19.0 Å². The lowest BCUT2D eigenvalue weighted by atomic mass is 10.1. The Hall–Kier alpha value is -1.40. The lowest BCUT2D eigenvalue weighted by Crippen LogP contribution is -2.30. The standard InChI is InChI=1S/C14H15BrFNO3/c1-20-8-9-4-6-17(7-5-9)11-3-2-10(14(18)19)12(15)13(11)16/h2-4H,5-8H2,1H3,(H,18,19). The number of benzene rings is 1. The van der Waals surface area contributed by atoms with Crippen LogP contribution >= 0.6 is 15.9 Å². The summed E-state index contributed by atoms with van der Waals surface area (Å²) < 4.78 is 19.3. The molecule has 1 aromatic rings. The Bertz CT molecular complexity index is 560. The molecule has 0 fully saturated rings. The van der Waals surface area contributed by atoms with Crippen molar-refractivity contribution in [1.82, 2.24) is 0 Å². The first-order chi connectivity index (χ1) is 9.54. The average Bonchev–Trinajstić information content (AvgIpc) is 2.43. The molecule has 108 valence electrons. The summed E-state index contributed by atoms with van der Waals surface area (Å²) in [7, 11) is 1.65. The van der Waals surface area contributed by atoms with E-state index < -0.39 is 11.8 Å². The molecule has 0 spiro atoms. The zero-order valence-electron chi connectivity index (χ0n) is 11.0. The number of halogens is 2. The van der Waals surface area contributed by atoms with E-state index in [9.17, 15) is 9.18 Å². The summed E-state index contributed by atoms with van der Waals surface area (Å²) >= 11 is 3.02. The highest BCUT2D eigenvalue weighted by Gasteiger charge is 2.20. The number of hydrogen-bond acceptors (Lipinski definition) is 3. The fraction of sp³-hybridized carbons (Fsp3) is 0.357. The molecule has 1 aliphatic heterocycles. The Morgan fingerprint density at radius 2 is 2.30 bits per heavy atom. The lowest BCUT2D eigenvalue weighted by molar-refractivity contribution is 0.0695.